The Morgan fingerprint density at radius 1 is 0.647 bits per heavy atom. The quantitative estimate of drug-likeness (QED) is 0.171. The Morgan fingerprint density at radius 3 is 1.55 bits per heavy atom. The molecule has 0 heteroatoms. The van der Waals surface area contributed by atoms with E-state index in [9.17, 15) is 0 Å². The van der Waals surface area contributed by atoms with Crippen LogP contribution in [0.3, 0.4) is 0 Å². The fourth-order valence-electron chi connectivity index (χ4n) is 6.21. The third kappa shape index (κ3) is 28.4. The monoisotopic (exact) mass is 709 g/mol. The van der Waals surface area contributed by atoms with E-state index < -0.39 is 0 Å². The van der Waals surface area contributed by atoms with Crippen LogP contribution >= 0.6 is 0 Å². The highest BCUT2D eigenvalue weighted by Crippen LogP contribution is 2.49. The zero-order valence-corrected chi connectivity index (χ0v) is 38.8. The lowest BCUT2D eigenvalue weighted by atomic mass is 9.62. The van der Waals surface area contributed by atoms with Crippen LogP contribution in [0, 0.1) is 38.0 Å². The lowest BCUT2D eigenvalue weighted by molar-refractivity contribution is 0.0905. The molecule has 0 radical (unpaired) electrons. The van der Waals surface area contributed by atoms with Crippen LogP contribution in [-0.2, 0) is 6.42 Å². The number of allylic oxidation sites excluding steroid dienone is 1. The first-order valence-corrected chi connectivity index (χ1v) is 22.3. The normalized spacial score (nSPS) is 12.4. The van der Waals surface area contributed by atoms with Crippen molar-refractivity contribution < 1.29 is 0 Å². The molecule has 0 bridgehead atoms. The van der Waals surface area contributed by atoms with Crippen LogP contribution < -0.4 is 0 Å². The maximum Gasteiger partial charge on any atom is -0.0192 e. The standard InChI is InChI=1S/C20H24.C17H34.2C4H10.3C2H6/c1-6-18-10-8-15(3)12-20(18)17(5)13-19-11-14(2)7-9-16(19)4;1-4-7-12-17(13-8-14-17)15-11-16(9-5-2)10-6-3;1-4(2)3;1-3-4-2;3*1-2/h7-13H,6H2,1-5H3;16H,4-15H2,1-3H3;4H,1-3H3;3-4H2,1-2H3;3*1-2H3/b17-13+;;;;;;. The van der Waals surface area contributed by atoms with Gasteiger partial charge in [0.2, 0.25) is 0 Å². The summed E-state index contributed by atoms with van der Waals surface area (Å²) in [5.41, 5.74) is 10.3. The number of rotatable bonds is 14. The Kier molecular flexibility index (Phi) is 41.6. The van der Waals surface area contributed by atoms with E-state index in [4.69, 9.17) is 0 Å². The predicted octanol–water partition coefficient (Wildman–Crippen LogP) is 18.6. The molecule has 0 nitrogen and oxygen atoms in total. The van der Waals surface area contributed by atoms with Gasteiger partial charge in [0.05, 0.1) is 0 Å². The molecule has 0 heterocycles. The highest BCUT2D eigenvalue weighted by molar-refractivity contribution is 5.82. The van der Waals surface area contributed by atoms with Crippen molar-refractivity contribution >= 4 is 11.6 Å². The van der Waals surface area contributed by atoms with Crippen molar-refractivity contribution in [1.82, 2.24) is 0 Å². The topological polar surface area (TPSA) is 0 Å². The van der Waals surface area contributed by atoms with Crippen LogP contribution in [-0.4, -0.2) is 0 Å². The first-order chi connectivity index (χ1) is 24.4. The minimum absolute atomic E-state index is 0.801. The number of aryl methyl sites for hydroxylation is 4. The fourth-order valence-corrected chi connectivity index (χ4v) is 6.21. The zero-order chi connectivity index (χ0) is 40.3. The third-order valence-corrected chi connectivity index (χ3v) is 9.33. The molecule has 2 aromatic rings. The van der Waals surface area contributed by atoms with E-state index >= 15 is 0 Å². The summed E-state index contributed by atoms with van der Waals surface area (Å²) in [6.07, 6.45) is 23.8. The van der Waals surface area contributed by atoms with Crippen molar-refractivity contribution in [3.05, 3.63) is 69.8 Å². The predicted molar refractivity (Wildman–Crippen MR) is 244 cm³/mol. The molecule has 1 saturated carbocycles. The number of unbranched alkanes of at least 4 members (excludes halogenated alkanes) is 2. The van der Waals surface area contributed by atoms with Gasteiger partial charge in [0, 0.05) is 0 Å². The molecule has 2 aromatic carbocycles. The largest absolute Gasteiger partial charge is 0.0683 e. The van der Waals surface area contributed by atoms with Gasteiger partial charge in [-0.15, -0.1) is 0 Å². The fraction of sp³-hybridized carbons (Fsp3) is 0.725. The molecule has 0 saturated heterocycles. The van der Waals surface area contributed by atoms with E-state index in [1.807, 2.05) is 41.5 Å². The summed E-state index contributed by atoms with van der Waals surface area (Å²) in [6, 6.07) is 13.4. The summed E-state index contributed by atoms with van der Waals surface area (Å²) in [6.45, 7) is 40.8. The van der Waals surface area contributed by atoms with Gasteiger partial charge in [-0.2, -0.15) is 0 Å². The Hall–Kier alpha value is -1.82. The lowest BCUT2D eigenvalue weighted by Gasteiger charge is -2.43. The molecule has 0 atom stereocenters. The SMILES string of the molecule is CC.CC.CC.CC(C)C.CCCC.CCCCC1(CCC(CCC)CCC)CCC1.CCc1ccc(C)cc1/C(C)=C/c1cc(C)ccc1C. The third-order valence-electron chi connectivity index (χ3n) is 9.33. The summed E-state index contributed by atoms with van der Waals surface area (Å²) in [5.74, 6) is 1.86. The maximum atomic E-state index is 2.35. The van der Waals surface area contributed by atoms with E-state index in [1.165, 1.54) is 129 Å². The Labute approximate surface area is 325 Å². The van der Waals surface area contributed by atoms with E-state index in [0.29, 0.717) is 0 Å². The van der Waals surface area contributed by atoms with Crippen molar-refractivity contribution in [1.29, 1.82) is 0 Å². The van der Waals surface area contributed by atoms with Gasteiger partial charge in [0.15, 0.2) is 0 Å². The molecule has 0 aromatic heterocycles. The molecular weight excluding hydrogens is 613 g/mol. The van der Waals surface area contributed by atoms with Crippen molar-refractivity contribution in [2.75, 3.05) is 0 Å². The first kappa shape index (κ1) is 55.9. The van der Waals surface area contributed by atoms with Crippen LogP contribution in [0.15, 0.2) is 36.4 Å². The average Bonchev–Trinajstić information content (AvgIpc) is 3.12. The van der Waals surface area contributed by atoms with E-state index in [1.54, 1.807) is 0 Å². The van der Waals surface area contributed by atoms with Gasteiger partial charge in [-0.3, -0.25) is 0 Å². The van der Waals surface area contributed by atoms with Gasteiger partial charge in [0.1, 0.15) is 0 Å². The van der Waals surface area contributed by atoms with Crippen LogP contribution in [0.2, 0.25) is 0 Å². The maximum absolute atomic E-state index is 2.35. The summed E-state index contributed by atoms with van der Waals surface area (Å²) in [5, 5.41) is 0. The molecule has 0 amide bonds. The van der Waals surface area contributed by atoms with Gasteiger partial charge in [-0.25, -0.2) is 0 Å². The number of hydrogen-bond acceptors (Lipinski definition) is 0. The van der Waals surface area contributed by atoms with Crippen molar-refractivity contribution in [2.24, 2.45) is 17.3 Å². The Morgan fingerprint density at radius 2 is 1.14 bits per heavy atom. The molecular formula is C51H96. The van der Waals surface area contributed by atoms with E-state index in [0.717, 1.165) is 23.7 Å². The number of benzene rings is 2. The molecule has 300 valence electrons. The van der Waals surface area contributed by atoms with Gasteiger partial charge in [0.25, 0.3) is 0 Å². The van der Waals surface area contributed by atoms with Gasteiger partial charge in [-0.1, -0.05) is 215 Å². The van der Waals surface area contributed by atoms with Crippen LogP contribution in [0.4, 0.5) is 0 Å². The molecule has 0 unspecified atom stereocenters. The van der Waals surface area contributed by atoms with Crippen LogP contribution in [0.5, 0.6) is 0 Å². The molecule has 1 fully saturated rings. The molecule has 0 spiro atoms. The number of hydrogen-bond donors (Lipinski definition) is 0. The minimum Gasteiger partial charge on any atom is -0.0683 e. The van der Waals surface area contributed by atoms with Crippen molar-refractivity contribution in [2.45, 2.75) is 228 Å². The highest BCUT2D eigenvalue weighted by Gasteiger charge is 2.35. The molecule has 0 N–H and O–H groups in total. The van der Waals surface area contributed by atoms with Crippen molar-refractivity contribution in [3.63, 3.8) is 0 Å². The molecule has 0 aliphatic heterocycles. The lowest BCUT2D eigenvalue weighted by Crippen LogP contribution is -2.30. The average molecular weight is 709 g/mol. The van der Waals surface area contributed by atoms with E-state index in [2.05, 4.69) is 132 Å². The summed E-state index contributed by atoms with van der Waals surface area (Å²) in [4.78, 5) is 0. The van der Waals surface area contributed by atoms with Gasteiger partial charge in [-0.05, 0) is 111 Å². The summed E-state index contributed by atoms with van der Waals surface area (Å²) >= 11 is 0. The summed E-state index contributed by atoms with van der Waals surface area (Å²) < 4.78 is 0. The Balaban J connectivity index is -0.000000321. The first-order valence-electron chi connectivity index (χ1n) is 22.3. The van der Waals surface area contributed by atoms with Crippen molar-refractivity contribution in [3.8, 4) is 0 Å². The molecule has 51 heavy (non-hydrogen) atoms. The second kappa shape index (κ2) is 37.9. The second-order valence-electron chi connectivity index (χ2n) is 14.9. The van der Waals surface area contributed by atoms with E-state index in [-0.39, 0.29) is 0 Å². The molecule has 3 rings (SSSR count). The van der Waals surface area contributed by atoms with Gasteiger partial charge >= 0.3 is 0 Å². The highest BCUT2D eigenvalue weighted by atomic mass is 14.4. The Bertz CT molecular complexity index is 1020. The van der Waals surface area contributed by atoms with Crippen LogP contribution in [0.1, 0.15) is 234 Å². The smallest absolute Gasteiger partial charge is 0.0192 e. The molecule has 1 aliphatic rings. The molecule has 1 aliphatic carbocycles. The zero-order valence-electron chi connectivity index (χ0n) is 38.8. The minimum atomic E-state index is 0.801. The van der Waals surface area contributed by atoms with Crippen LogP contribution in [0.25, 0.3) is 11.6 Å². The summed E-state index contributed by atoms with van der Waals surface area (Å²) in [7, 11) is 0. The van der Waals surface area contributed by atoms with Gasteiger partial charge < -0.3 is 0 Å². The second-order valence-corrected chi connectivity index (χ2v) is 14.9.